The summed E-state index contributed by atoms with van der Waals surface area (Å²) in [4.78, 5) is 29.9. The topological polar surface area (TPSA) is 76.7 Å². The standard InChI is InChI=1S/C26H27N3O4S/c1-17(21-7-5-13-33-21)27-26(31)25-20-9-10-28(11-12-29(20)24(30)15-22(25)32-2)16-19-14-18-6-3-4-8-23(18)34-19/h3-8,13-15,17H,9-12,16H2,1-2H3,(H,27,31). The monoisotopic (exact) mass is 477 g/mol. The first-order valence-electron chi connectivity index (χ1n) is 11.4. The number of pyridine rings is 1. The molecule has 1 unspecified atom stereocenters. The third kappa shape index (κ3) is 4.38. The molecule has 0 spiro atoms. The molecular formula is C26H27N3O4S. The number of nitrogens with one attached hydrogen (secondary N) is 1. The number of furan rings is 1. The fourth-order valence-electron chi connectivity index (χ4n) is 4.57. The van der Waals surface area contributed by atoms with Gasteiger partial charge in [-0.3, -0.25) is 14.5 Å². The van der Waals surface area contributed by atoms with Gasteiger partial charge in [0.15, 0.2) is 0 Å². The fourth-order valence-corrected chi connectivity index (χ4v) is 5.68. The second-order valence-corrected chi connectivity index (χ2v) is 9.68. The lowest BCUT2D eigenvalue weighted by Crippen LogP contribution is -2.32. The SMILES string of the molecule is COc1cc(=O)n2c(c1C(=O)NC(C)c1ccco1)CCN(Cc1cc3ccccc3s1)CC2. The van der Waals surface area contributed by atoms with Gasteiger partial charge in [-0.05, 0) is 36.6 Å². The lowest BCUT2D eigenvalue weighted by Gasteiger charge is -2.19. The van der Waals surface area contributed by atoms with Crippen molar-refractivity contribution in [2.45, 2.75) is 32.5 Å². The Hall–Kier alpha value is -3.36. The van der Waals surface area contributed by atoms with Crippen LogP contribution in [0.5, 0.6) is 5.75 Å². The van der Waals surface area contributed by atoms with Crippen LogP contribution < -0.4 is 15.6 Å². The number of ether oxygens (including phenoxy) is 1. The third-order valence-corrected chi connectivity index (χ3v) is 7.41. The van der Waals surface area contributed by atoms with Crippen molar-refractivity contribution in [2.75, 3.05) is 20.2 Å². The van der Waals surface area contributed by atoms with Crippen LogP contribution in [0.3, 0.4) is 0 Å². The number of amides is 1. The number of aromatic nitrogens is 1. The van der Waals surface area contributed by atoms with Crippen LogP contribution in [0.15, 0.2) is 64.0 Å². The summed E-state index contributed by atoms with van der Waals surface area (Å²) in [6.07, 6.45) is 2.16. The lowest BCUT2D eigenvalue weighted by atomic mass is 10.1. The molecule has 8 heteroatoms. The number of rotatable bonds is 6. The van der Waals surface area contributed by atoms with Crippen molar-refractivity contribution < 1.29 is 13.9 Å². The van der Waals surface area contributed by atoms with Crippen molar-refractivity contribution in [1.82, 2.24) is 14.8 Å². The zero-order chi connectivity index (χ0) is 23.7. The normalized spacial score (nSPS) is 15.0. The molecule has 7 nitrogen and oxygen atoms in total. The summed E-state index contributed by atoms with van der Waals surface area (Å²) < 4.78 is 13.9. The van der Waals surface area contributed by atoms with Gasteiger partial charge in [-0.2, -0.15) is 0 Å². The van der Waals surface area contributed by atoms with Gasteiger partial charge >= 0.3 is 0 Å². The van der Waals surface area contributed by atoms with E-state index in [1.807, 2.05) is 13.0 Å². The Labute approximate surface area is 201 Å². The minimum absolute atomic E-state index is 0.147. The van der Waals surface area contributed by atoms with Crippen LogP contribution in [0.1, 0.15) is 39.7 Å². The Morgan fingerprint density at radius 2 is 2.03 bits per heavy atom. The summed E-state index contributed by atoms with van der Waals surface area (Å²) in [5, 5.41) is 4.24. The highest BCUT2D eigenvalue weighted by Gasteiger charge is 2.26. The van der Waals surface area contributed by atoms with Crippen LogP contribution in [-0.4, -0.2) is 35.6 Å². The minimum atomic E-state index is -0.310. The maximum atomic E-state index is 13.3. The molecule has 176 valence electrons. The van der Waals surface area contributed by atoms with Crippen LogP contribution in [0.2, 0.25) is 0 Å². The van der Waals surface area contributed by atoms with Gasteiger partial charge in [0.25, 0.3) is 11.5 Å². The second-order valence-electron chi connectivity index (χ2n) is 8.51. The average Bonchev–Trinajstić information content (AvgIpc) is 3.46. The lowest BCUT2D eigenvalue weighted by molar-refractivity contribution is 0.0930. The molecule has 0 saturated carbocycles. The summed E-state index contributed by atoms with van der Waals surface area (Å²) >= 11 is 1.80. The van der Waals surface area contributed by atoms with Crippen molar-refractivity contribution in [3.05, 3.63) is 87.0 Å². The number of nitrogens with zero attached hydrogens (tertiary/aromatic N) is 2. The summed E-state index contributed by atoms with van der Waals surface area (Å²) in [5.74, 6) is 0.696. The Bertz CT molecular complexity index is 1340. The highest BCUT2D eigenvalue weighted by atomic mass is 32.1. The largest absolute Gasteiger partial charge is 0.496 e. The Morgan fingerprint density at radius 1 is 1.18 bits per heavy atom. The Balaban J connectivity index is 1.40. The molecule has 1 aromatic carbocycles. The number of thiophene rings is 1. The number of hydrogen-bond acceptors (Lipinski definition) is 6. The molecule has 5 rings (SSSR count). The molecule has 0 bridgehead atoms. The highest BCUT2D eigenvalue weighted by molar-refractivity contribution is 7.19. The van der Waals surface area contributed by atoms with Gasteiger partial charge in [0.05, 0.1) is 19.4 Å². The highest BCUT2D eigenvalue weighted by Crippen LogP contribution is 2.28. The van der Waals surface area contributed by atoms with Gasteiger partial charge in [-0.25, -0.2) is 0 Å². The first-order valence-corrected chi connectivity index (χ1v) is 12.2. The van der Waals surface area contributed by atoms with Crippen LogP contribution in [0, 0.1) is 0 Å². The molecule has 3 aromatic heterocycles. The van der Waals surface area contributed by atoms with Gasteiger partial charge in [0.1, 0.15) is 17.1 Å². The van der Waals surface area contributed by atoms with Crippen molar-refractivity contribution in [2.24, 2.45) is 0 Å². The molecule has 0 radical (unpaired) electrons. The van der Waals surface area contributed by atoms with Crippen molar-refractivity contribution in [3.8, 4) is 5.75 Å². The molecule has 1 aliphatic rings. The average molecular weight is 478 g/mol. The molecule has 1 N–H and O–H groups in total. The Morgan fingerprint density at radius 3 is 2.79 bits per heavy atom. The van der Waals surface area contributed by atoms with E-state index in [4.69, 9.17) is 9.15 Å². The van der Waals surface area contributed by atoms with E-state index in [9.17, 15) is 9.59 Å². The van der Waals surface area contributed by atoms with E-state index in [1.165, 1.54) is 28.1 Å². The first-order chi connectivity index (χ1) is 16.5. The van der Waals surface area contributed by atoms with Gasteiger partial charge in [-0.1, -0.05) is 18.2 Å². The molecule has 1 atom stereocenters. The molecular weight excluding hydrogens is 450 g/mol. The van der Waals surface area contributed by atoms with Crippen molar-refractivity contribution in [3.63, 3.8) is 0 Å². The quantitative estimate of drug-likeness (QED) is 0.450. The van der Waals surface area contributed by atoms with Gasteiger partial charge < -0.3 is 19.0 Å². The fraction of sp³-hybridized carbons (Fsp3) is 0.308. The number of benzene rings is 1. The van der Waals surface area contributed by atoms with Crippen molar-refractivity contribution >= 4 is 27.3 Å². The van der Waals surface area contributed by atoms with Crippen LogP contribution in [-0.2, 0) is 19.5 Å². The van der Waals surface area contributed by atoms with Gasteiger partial charge in [0.2, 0.25) is 0 Å². The van der Waals surface area contributed by atoms with Crippen LogP contribution in [0.25, 0.3) is 10.1 Å². The second kappa shape index (κ2) is 9.48. The maximum Gasteiger partial charge on any atom is 0.257 e. The molecule has 1 amide bonds. The first kappa shape index (κ1) is 22.4. The molecule has 0 fully saturated rings. The maximum absolute atomic E-state index is 13.3. The third-order valence-electron chi connectivity index (χ3n) is 6.31. The number of carbonyl (C=O) groups excluding carboxylic acids is 1. The van der Waals surface area contributed by atoms with E-state index >= 15 is 0 Å². The molecule has 4 aromatic rings. The predicted octanol–water partition coefficient (Wildman–Crippen LogP) is 4.21. The van der Waals surface area contributed by atoms with Crippen LogP contribution >= 0.6 is 11.3 Å². The molecule has 0 saturated heterocycles. The molecule has 4 heterocycles. The van der Waals surface area contributed by atoms with Gasteiger partial charge in [0, 0.05) is 53.9 Å². The van der Waals surface area contributed by atoms with E-state index in [-0.39, 0.29) is 17.5 Å². The number of carbonyl (C=O) groups is 1. The van der Waals surface area contributed by atoms with Gasteiger partial charge in [-0.15, -0.1) is 11.3 Å². The van der Waals surface area contributed by atoms with E-state index in [0.29, 0.717) is 35.7 Å². The zero-order valence-corrected chi connectivity index (χ0v) is 20.1. The minimum Gasteiger partial charge on any atom is -0.496 e. The summed E-state index contributed by atoms with van der Waals surface area (Å²) in [5.41, 5.74) is 0.989. The van der Waals surface area contributed by atoms with E-state index in [0.717, 1.165) is 19.6 Å². The van der Waals surface area contributed by atoms with E-state index < -0.39 is 0 Å². The van der Waals surface area contributed by atoms with Crippen molar-refractivity contribution in [1.29, 1.82) is 0 Å². The van der Waals surface area contributed by atoms with E-state index in [2.05, 4.69) is 40.5 Å². The molecule has 34 heavy (non-hydrogen) atoms. The van der Waals surface area contributed by atoms with Crippen LogP contribution in [0.4, 0.5) is 0 Å². The van der Waals surface area contributed by atoms with E-state index in [1.54, 1.807) is 28.2 Å². The summed E-state index contributed by atoms with van der Waals surface area (Å²) in [7, 11) is 1.49. The number of fused-ring (bicyclic) bond motifs is 2. The number of hydrogen-bond donors (Lipinski definition) is 1. The summed E-state index contributed by atoms with van der Waals surface area (Å²) in [6.45, 7) is 4.68. The molecule has 0 aliphatic carbocycles. The smallest absolute Gasteiger partial charge is 0.257 e. The Kier molecular flexibility index (Phi) is 6.26. The predicted molar refractivity (Wildman–Crippen MR) is 133 cm³/mol. The molecule has 1 aliphatic heterocycles. The zero-order valence-electron chi connectivity index (χ0n) is 19.2. The summed E-state index contributed by atoms with van der Waals surface area (Å²) in [6, 6.07) is 15.3. The number of methoxy groups -OCH3 is 1.